The lowest BCUT2D eigenvalue weighted by Gasteiger charge is -2.43. The maximum atomic E-state index is 14.2. The van der Waals surface area contributed by atoms with Gasteiger partial charge in [0.2, 0.25) is 0 Å². The molecule has 0 heterocycles. The van der Waals surface area contributed by atoms with E-state index in [2.05, 4.69) is 0 Å². The zero-order valence-electron chi connectivity index (χ0n) is 28.7. The van der Waals surface area contributed by atoms with Gasteiger partial charge in [-0.15, -0.1) is 0 Å². The molecule has 0 aliphatic heterocycles. The predicted molar refractivity (Wildman–Crippen MR) is 133 cm³/mol. The smallest absolute Gasteiger partial charge is 0.312 e. The molecule has 1 aliphatic carbocycles. The van der Waals surface area contributed by atoms with Gasteiger partial charge in [-0.05, 0) is 12.8 Å². The molecule has 1 aliphatic rings. The van der Waals surface area contributed by atoms with E-state index in [1.807, 2.05) is 0 Å². The molecule has 0 aromatic rings. The summed E-state index contributed by atoms with van der Waals surface area (Å²) in [5, 5.41) is 3.21. The van der Waals surface area contributed by atoms with Crippen molar-refractivity contribution in [3.05, 3.63) is 0 Å². The highest BCUT2D eigenvalue weighted by Gasteiger charge is 2.96. The molecule has 2 nitrogen and oxygen atoms in total. The van der Waals surface area contributed by atoms with Crippen molar-refractivity contribution < 1.29 is 149 Å². The van der Waals surface area contributed by atoms with Crippen molar-refractivity contribution in [3.8, 4) is 0 Å². The Morgan fingerprint density at radius 3 is 0.629 bits per heavy atom. The van der Waals surface area contributed by atoms with Gasteiger partial charge in [-0.1, -0.05) is 12.8 Å². The molecule has 1 saturated carbocycles. The first kappa shape index (κ1) is 57.6. The van der Waals surface area contributed by atoms with Gasteiger partial charge in [0.15, 0.2) is 0 Å². The Morgan fingerprint density at radius 1 is 0.258 bits per heavy atom. The fourth-order valence-electron chi connectivity index (χ4n) is 5.16. The SMILES string of the molecule is FC(F)(F)C(F)(F)C(F)(F)C(F)(F)C(F)(F)C(F)(F)C(F)(F)C(F)(F)CCN[C@@H]1CCCC[C@H]1NCCC(F)(F)C(F)(F)C(F)(F)C(F)(F)C(F)(F)C(F)(F)C(F)(F)C(F)(F)F. The van der Waals surface area contributed by atoms with Crippen LogP contribution in [-0.4, -0.2) is 120 Å². The van der Waals surface area contributed by atoms with Crippen LogP contribution in [-0.2, 0) is 0 Å². The third kappa shape index (κ3) is 8.34. The molecule has 0 bridgehead atoms. The third-order valence-electron chi connectivity index (χ3n) is 9.03. The quantitative estimate of drug-likeness (QED) is 0.119. The van der Waals surface area contributed by atoms with E-state index < -0.39 is 146 Å². The van der Waals surface area contributed by atoms with Gasteiger partial charge in [-0.3, -0.25) is 0 Å². The molecule has 62 heavy (non-hydrogen) atoms. The average molecular weight is 1010 g/mol. The number of rotatable bonds is 20. The summed E-state index contributed by atoms with van der Waals surface area (Å²) >= 11 is 0. The van der Waals surface area contributed by atoms with Gasteiger partial charge in [-0.2, -0.15) is 149 Å². The number of alkyl halides is 34. The largest absolute Gasteiger partial charge is 0.460 e. The second-order valence-corrected chi connectivity index (χ2v) is 13.2. The van der Waals surface area contributed by atoms with E-state index in [4.69, 9.17) is 0 Å². The van der Waals surface area contributed by atoms with Gasteiger partial charge in [-0.25, -0.2) is 0 Å². The fourth-order valence-corrected chi connectivity index (χ4v) is 5.16. The van der Waals surface area contributed by atoms with Crippen molar-refractivity contribution in [3.63, 3.8) is 0 Å². The summed E-state index contributed by atoms with van der Waals surface area (Å²) < 4.78 is 458. The standard InChI is InChI=1S/C26H20F34N2/c27-11(28,13(31,32)15(35,36)17(39,40)19(43,44)21(47,48)23(51,52)25(55,56)57)5-7-61-9-3-1-2-4-10(9)62-8-6-12(29,30)14(33,34)16(37,38)18(41,42)20(45,46)22(49,50)24(53,54)26(58,59)60/h9-10,61-62H,1-8H2/t9-,10-/m1/s1. The minimum absolute atomic E-state index is 0.222. The Morgan fingerprint density at radius 2 is 0.435 bits per heavy atom. The molecule has 2 N–H and O–H groups in total. The minimum atomic E-state index is -8.94. The lowest BCUT2D eigenvalue weighted by atomic mass is 9.87. The van der Waals surface area contributed by atoms with Crippen LogP contribution in [0.5, 0.6) is 0 Å². The van der Waals surface area contributed by atoms with Crippen LogP contribution >= 0.6 is 0 Å². The Balaban J connectivity index is 3.27. The van der Waals surface area contributed by atoms with Gasteiger partial charge < -0.3 is 10.6 Å². The summed E-state index contributed by atoms with van der Waals surface area (Å²) in [4.78, 5) is 0. The lowest BCUT2D eigenvalue weighted by molar-refractivity contribution is -0.461. The molecule has 0 aromatic carbocycles. The van der Waals surface area contributed by atoms with Crippen LogP contribution in [0.1, 0.15) is 38.5 Å². The third-order valence-corrected chi connectivity index (χ3v) is 9.03. The molecule has 0 aromatic heterocycles. The van der Waals surface area contributed by atoms with Crippen molar-refractivity contribution in [1.29, 1.82) is 0 Å². The van der Waals surface area contributed by atoms with Crippen molar-refractivity contribution >= 4 is 0 Å². The highest BCUT2D eigenvalue weighted by Crippen LogP contribution is 2.66. The van der Waals surface area contributed by atoms with Crippen LogP contribution in [0.15, 0.2) is 0 Å². The highest BCUT2D eigenvalue weighted by molar-refractivity contribution is 5.16. The number of nitrogens with one attached hydrogen (secondary N) is 2. The maximum absolute atomic E-state index is 14.2. The molecule has 1 rings (SSSR count). The molecular weight excluding hydrogens is 986 g/mol. The first-order valence-electron chi connectivity index (χ1n) is 15.6. The van der Waals surface area contributed by atoms with Gasteiger partial charge in [0.1, 0.15) is 0 Å². The van der Waals surface area contributed by atoms with Gasteiger partial charge >= 0.3 is 95.3 Å². The van der Waals surface area contributed by atoms with Gasteiger partial charge in [0.05, 0.1) is 0 Å². The summed E-state index contributed by atoms with van der Waals surface area (Å²) in [6.07, 6.45) is -23.9. The van der Waals surface area contributed by atoms with E-state index in [9.17, 15) is 149 Å². The van der Waals surface area contributed by atoms with Crippen LogP contribution in [0.25, 0.3) is 0 Å². The van der Waals surface area contributed by atoms with Crippen LogP contribution in [0.2, 0.25) is 0 Å². The second-order valence-electron chi connectivity index (χ2n) is 13.2. The average Bonchev–Trinajstić information content (AvgIpc) is 3.06. The number of halogens is 34. The maximum Gasteiger partial charge on any atom is 0.460 e. The summed E-state index contributed by atoms with van der Waals surface area (Å²) in [7, 11) is 0. The van der Waals surface area contributed by atoms with E-state index in [0.717, 1.165) is 0 Å². The van der Waals surface area contributed by atoms with Gasteiger partial charge in [0.25, 0.3) is 0 Å². The zero-order chi connectivity index (χ0) is 50.2. The first-order chi connectivity index (χ1) is 26.7. The topological polar surface area (TPSA) is 24.1 Å². The Hall–Kier alpha value is -2.46. The Labute approximate surface area is 320 Å². The lowest BCUT2D eigenvalue weighted by Crippen LogP contribution is -2.74. The molecule has 1 fully saturated rings. The normalized spacial score (nSPS) is 20.2. The molecule has 372 valence electrons. The molecule has 36 heteroatoms. The molecule has 0 radical (unpaired) electrons. The summed E-state index contributed by atoms with van der Waals surface area (Å²) in [5.41, 5.74) is 0. The summed E-state index contributed by atoms with van der Waals surface area (Å²) in [5.74, 6) is -118. The molecule has 0 amide bonds. The van der Waals surface area contributed by atoms with Crippen LogP contribution in [0.3, 0.4) is 0 Å². The number of hydrogen-bond donors (Lipinski definition) is 2. The zero-order valence-corrected chi connectivity index (χ0v) is 28.7. The van der Waals surface area contributed by atoms with Crippen molar-refractivity contribution in [2.45, 2.75) is 146 Å². The molecule has 0 spiro atoms. The summed E-state index contributed by atoms with van der Waals surface area (Å²) in [6, 6.07) is -3.67. The van der Waals surface area contributed by atoms with E-state index in [1.165, 1.54) is 0 Å². The van der Waals surface area contributed by atoms with Crippen LogP contribution in [0, 0.1) is 0 Å². The molecule has 0 saturated heterocycles. The van der Waals surface area contributed by atoms with E-state index in [-0.39, 0.29) is 12.8 Å². The monoisotopic (exact) mass is 1010 g/mol. The molecular formula is C26H20F34N2. The number of hydrogen-bond acceptors (Lipinski definition) is 2. The van der Waals surface area contributed by atoms with E-state index >= 15 is 0 Å². The van der Waals surface area contributed by atoms with Crippen LogP contribution < -0.4 is 10.6 Å². The van der Waals surface area contributed by atoms with E-state index in [1.54, 1.807) is 10.6 Å². The highest BCUT2D eigenvalue weighted by atomic mass is 19.4. The Bertz CT molecular complexity index is 1410. The molecule has 0 unspecified atom stereocenters. The first-order valence-corrected chi connectivity index (χ1v) is 15.6. The van der Waals surface area contributed by atoms with Gasteiger partial charge in [0, 0.05) is 38.0 Å². The van der Waals surface area contributed by atoms with Crippen molar-refractivity contribution in [1.82, 2.24) is 10.6 Å². The fraction of sp³-hybridized carbons (Fsp3) is 1.00. The molecule has 2 atom stereocenters. The second kappa shape index (κ2) is 16.2. The van der Waals surface area contributed by atoms with Crippen LogP contribution in [0.4, 0.5) is 149 Å². The minimum Gasteiger partial charge on any atom is -0.312 e. The predicted octanol–water partition coefficient (Wildman–Crippen LogP) is 12.3. The van der Waals surface area contributed by atoms with Crippen molar-refractivity contribution in [2.75, 3.05) is 13.1 Å². The Kier molecular flexibility index (Phi) is 15.0. The van der Waals surface area contributed by atoms with E-state index in [0.29, 0.717) is 0 Å². The summed E-state index contributed by atoms with van der Waals surface area (Å²) in [6.45, 7) is -4.10. The van der Waals surface area contributed by atoms with Crippen molar-refractivity contribution in [2.24, 2.45) is 0 Å².